The Labute approximate surface area is 123 Å². The lowest BCUT2D eigenvalue weighted by molar-refractivity contribution is 0.242. The van der Waals surface area contributed by atoms with Gasteiger partial charge in [0, 0.05) is 24.4 Å². The highest BCUT2D eigenvalue weighted by Gasteiger charge is 2.11. The fraction of sp³-hybridized carbons (Fsp3) is 0.286. The van der Waals surface area contributed by atoms with Crippen molar-refractivity contribution in [1.29, 1.82) is 5.41 Å². The van der Waals surface area contributed by atoms with Crippen LogP contribution in [0.5, 0.6) is 5.75 Å². The highest BCUT2D eigenvalue weighted by atomic mass is 35.5. The van der Waals surface area contributed by atoms with Gasteiger partial charge < -0.3 is 16.2 Å². The van der Waals surface area contributed by atoms with Gasteiger partial charge in [-0.15, -0.1) is 0 Å². The summed E-state index contributed by atoms with van der Waals surface area (Å²) in [6.45, 7) is 3.85. The van der Waals surface area contributed by atoms with Crippen LogP contribution in [-0.2, 0) is 0 Å². The Bertz CT molecular complexity index is 564. The molecule has 0 aliphatic heterocycles. The van der Waals surface area contributed by atoms with Crippen molar-refractivity contribution in [3.63, 3.8) is 0 Å². The lowest BCUT2D eigenvalue weighted by Crippen LogP contribution is -2.15. The van der Waals surface area contributed by atoms with E-state index in [-0.39, 0.29) is 22.7 Å². The van der Waals surface area contributed by atoms with E-state index < -0.39 is 0 Å². The van der Waals surface area contributed by atoms with Gasteiger partial charge in [0.1, 0.15) is 10.9 Å². The number of nitrogen functional groups attached to an aromatic ring is 1. The van der Waals surface area contributed by atoms with Gasteiger partial charge in [-0.2, -0.15) is 0 Å². The number of hydrogen-bond donors (Lipinski definition) is 3. The molecule has 1 aromatic carbocycles. The quantitative estimate of drug-likeness (QED) is 0.575. The van der Waals surface area contributed by atoms with Crippen molar-refractivity contribution in [3.05, 3.63) is 35.5 Å². The predicted octanol–water partition coefficient (Wildman–Crippen LogP) is 2.53. The van der Waals surface area contributed by atoms with Gasteiger partial charge >= 0.3 is 0 Å². The molecule has 0 aliphatic carbocycles. The maximum absolute atomic E-state index is 8.08. The van der Waals surface area contributed by atoms with Crippen LogP contribution in [0.4, 0.5) is 5.69 Å². The summed E-state index contributed by atoms with van der Waals surface area (Å²) in [6, 6.07) is 5.13. The molecule has 0 aliphatic rings. The van der Waals surface area contributed by atoms with E-state index in [2.05, 4.69) is 4.99 Å². The number of allylic oxidation sites excluding steroid dienone is 2. The van der Waals surface area contributed by atoms with Crippen molar-refractivity contribution in [2.45, 2.75) is 20.0 Å². The molecule has 0 heterocycles. The Morgan fingerprint density at radius 2 is 2.10 bits per heavy atom. The third-order valence-corrected chi connectivity index (χ3v) is 2.72. The molecular formula is C14H19ClN4O. The first-order chi connectivity index (χ1) is 9.35. The third-order valence-electron chi connectivity index (χ3n) is 2.44. The summed E-state index contributed by atoms with van der Waals surface area (Å²) in [7, 11) is 1.54. The summed E-state index contributed by atoms with van der Waals surface area (Å²) >= 11 is 5.77. The van der Waals surface area contributed by atoms with E-state index in [9.17, 15) is 0 Å². The predicted molar refractivity (Wildman–Crippen MR) is 84.9 cm³/mol. The molecule has 108 valence electrons. The molecule has 0 spiro atoms. The van der Waals surface area contributed by atoms with Crippen molar-refractivity contribution < 1.29 is 4.74 Å². The molecule has 0 fully saturated rings. The highest BCUT2D eigenvalue weighted by Crippen LogP contribution is 2.22. The molecule has 5 N–H and O–H groups in total. The van der Waals surface area contributed by atoms with Crippen molar-refractivity contribution in [1.82, 2.24) is 0 Å². The largest absolute Gasteiger partial charge is 0.491 e. The summed E-state index contributed by atoms with van der Waals surface area (Å²) in [4.78, 5) is 3.76. The summed E-state index contributed by atoms with van der Waals surface area (Å²) in [5, 5.41) is 8.30. The summed E-state index contributed by atoms with van der Waals surface area (Å²) in [5.41, 5.74) is 12.9. The Hall–Kier alpha value is -2.01. The molecule has 5 nitrogen and oxygen atoms in total. The van der Waals surface area contributed by atoms with Gasteiger partial charge in [0.15, 0.2) is 0 Å². The Morgan fingerprint density at radius 3 is 2.65 bits per heavy atom. The molecule has 0 unspecified atom stereocenters. The van der Waals surface area contributed by atoms with Gasteiger partial charge in [0.25, 0.3) is 0 Å². The topological polar surface area (TPSA) is 97.5 Å². The monoisotopic (exact) mass is 294 g/mol. The second-order valence-electron chi connectivity index (χ2n) is 4.44. The number of hydrogen-bond acceptors (Lipinski definition) is 5. The van der Waals surface area contributed by atoms with Crippen LogP contribution < -0.4 is 16.2 Å². The molecule has 1 aromatic rings. The fourth-order valence-corrected chi connectivity index (χ4v) is 1.64. The zero-order valence-electron chi connectivity index (χ0n) is 11.8. The Kier molecular flexibility index (Phi) is 5.58. The average molecular weight is 295 g/mol. The maximum atomic E-state index is 8.08. The van der Waals surface area contributed by atoms with Gasteiger partial charge in [-0.1, -0.05) is 11.6 Å². The minimum absolute atomic E-state index is 0.0372. The molecule has 20 heavy (non-hydrogen) atoms. The smallest absolute Gasteiger partial charge is 0.125 e. The van der Waals surface area contributed by atoms with E-state index in [4.69, 9.17) is 33.2 Å². The molecule has 6 heteroatoms. The molecule has 0 bridgehead atoms. The minimum Gasteiger partial charge on any atom is -0.491 e. The number of ether oxygens (including phenoxy) is 1. The highest BCUT2D eigenvalue weighted by molar-refractivity contribution is 6.68. The second kappa shape index (κ2) is 6.96. The summed E-state index contributed by atoms with van der Waals surface area (Å²) in [6.07, 6.45) is 1.45. The summed E-state index contributed by atoms with van der Waals surface area (Å²) in [5.74, 6) is 0.636. The molecule has 0 saturated carbocycles. The number of nitrogens with one attached hydrogen (secondary N) is 1. The van der Waals surface area contributed by atoms with Crippen LogP contribution in [0, 0.1) is 5.41 Å². The molecular weight excluding hydrogens is 276 g/mol. The molecule has 0 radical (unpaired) electrons. The van der Waals surface area contributed by atoms with E-state index in [1.165, 1.54) is 6.08 Å². The third kappa shape index (κ3) is 4.28. The van der Waals surface area contributed by atoms with E-state index in [0.717, 1.165) is 0 Å². The molecule has 0 saturated heterocycles. The number of nitrogens with two attached hydrogens (primary N) is 2. The molecule has 0 aromatic heterocycles. The maximum Gasteiger partial charge on any atom is 0.125 e. The first kappa shape index (κ1) is 16.0. The van der Waals surface area contributed by atoms with Crippen molar-refractivity contribution >= 4 is 28.2 Å². The summed E-state index contributed by atoms with van der Waals surface area (Å²) < 4.78 is 5.58. The van der Waals surface area contributed by atoms with E-state index in [1.54, 1.807) is 25.2 Å². The fourth-order valence-electron chi connectivity index (χ4n) is 1.52. The minimum atomic E-state index is 0.0372. The van der Waals surface area contributed by atoms with Gasteiger partial charge in [-0.05, 0) is 32.0 Å². The Morgan fingerprint density at radius 1 is 1.45 bits per heavy atom. The van der Waals surface area contributed by atoms with Gasteiger partial charge in [0.05, 0.1) is 17.5 Å². The molecule has 0 amide bonds. The van der Waals surface area contributed by atoms with Crippen LogP contribution in [0.1, 0.15) is 19.4 Å². The zero-order chi connectivity index (χ0) is 15.3. The lowest BCUT2D eigenvalue weighted by Gasteiger charge is -2.13. The molecule has 0 atom stereocenters. The van der Waals surface area contributed by atoms with Gasteiger partial charge in [-0.25, -0.2) is 0 Å². The number of benzene rings is 1. The number of aliphatic imine (C=N–C) groups is 1. The zero-order valence-corrected chi connectivity index (χ0v) is 12.5. The van der Waals surface area contributed by atoms with E-state index in [0.29, 0.717) is 17.0 Å². The van der Waals surface area contributed by atoms with Crippen LogP contribution in [0.3, 0.4) is 0 Å². The SMILES string of the molecule is CN=C(Cl)C=C(N)C(=N)c1cc(OC(C)C)ccc1N. The van der Waals surface area contributed by atoms with Crippen molar-refractivity contribution in [2.24, 2.45) is 10.7 Å². The first-order valence-corrected chi connectivity index (χ1v) is 6.48. The second-order valence-corrected chi connectivity index (χ2v) is 4.82. The first-order valence-electron chi connectivity index (χ1n) is 6.10. The van der Waals surface area contributed by atoms with Crippen LogP contribution in [0.2, 0.25) is 0 Å². The molecule has 1 rings (SSSR count). The Balaban J connectivity index is 3.12. The standard InChI is InChI=1S/C14H19ClN4O/c1-8(2)20-9-4-5-11(16)10(6-9)14(18)12(17)7-13(15)19-3/h4-8,18H,16-17H2,1-3H3. The van der Waals surface area contributed by atoms with Gasteiger partial charge in [0.2, 0.25) is 0 Å². The van der Waals surface area contributed by atoms with E-state index >= 15 is 0 Å². The van der Waals surface area contributed by atoms with Crippen LogP contribution in [0.25, 0.3) is 0 Å². The number of rotatable bonds is 5. The number of halogens is 1. The van der Waals surface area contributed by atoms with Crippen LogP contribution >= 0.6 is 11.6 Å². The van der Waals surface area contributed by atoms with Crippen molar-refractivity contribution in [3.8, 4) is 5.75 Å². The van der Waals surface area contributed by atoms with Crippen LogP contribution in [-0.4, -0.2) is 24.0 Å². The lowest BCUT2D eigenvalue weighted by atomic mass is 10.0. The normalized spacial score (nSPS) is 12.7. The number of nitrogens with zero attached hydrogens (tertiary/aromatic N) is 1. The number of anilines is 1. The van der Waals surface area contributed by atoms with Gasteiger partial charge in [-0.3, -0.25) is 10.4 Å². The van der Waals surface area contributed by atoms with Crippen LogP contribution in [0.15, 0.2) is 35.0 Å². The average Bonchev–Trinajstić information content (AvgIpc) is 2.39. The van der Waals surface area contributed by atoms with Crippen molar-refractivity contribution in [2.75, 3.05) is 12.8 Å². The van der Waals surface area contributed by atoms with E-state index in [1.807, 2.05) is 13.8 Å².